The summed E-state index contributed by atoms with van der Waals surface area (Å²) in [6, 6.07) is 0. The molecule has 0 aliphatic rings. The molecule has 0 saturated carbocycles. The Morgan fingerprint density at radius 1 is 1.56 bits per heavy atom. The zero-order valence-corrected chi connectivity index (χ0v) is 10.5. The third kappa shape index (κ3) is 3.94. The van der Waals surface area contributed by atoms with Crippen LogP contribution in [0.4, 0.5) is 0 Å². The molecule has 0 spiro atoms. The fraction of sp³-hybridized carbons (Fsp3) is 0.700. The Labute approximate surface area is 96.7 Å². The fourth-order valence-electron chi connectivity index (χ4n) is 1.26. The van der Waals surface area contributed by atoms with Gasteiger partial charge in [-0.3, -0.25) is 4.79 Å². The average Bonchev–Trinajstić information content (AvgIpc) is 2.23. The highest BCUT2D eigenvalue weighted by molar-refractivity contribution is 7.92. The Balaban J connectivity index is 4.77. The number of hydrogen-bond donors (Lipinski definition) is 1. The van der Waals surface area contributed by atoms with Gasteiger partial charge in [0.2, 0.25) is 5.91 Å². The number of nitrogens with zero attached hydrogens (tertiary/aromatic N) is 1. The van der Waals surface area contributed by atoms with E-state index in [1.165, 1.54) is 17.9 Å². The number of carbonyl (C=O) groups is 1. The van der Waals surface area contributed by atoms with E-state index < -0.39 is 21.0 Å². The lowest BCUT2D eigenvalue weighted by molar-refractivity contribution is -0.130. The van der Waals surface area contributed by atoms with Gasteiger partial charge >= 0.3 is 0 Å². The summed E-state index contributed by atoms with van der Waals surface area (Å²) in [4.78, 5) is 13.1. The number of aliphatic hydroxyl groups excluding tert-OH is 1. The van der Waals surface area contributed by atoms with Crippen molar-refractivity contribution in [2.24, 2.45) is 0 Å². The van der Waals surface area contributed by atoms with Crippen molar-refractivity contribution in [3.05, 3.63) is 12.7 Å². The molecule has 0 radical (unpaired) electrons. The molecule has 0 aromatic carbocycles. The molecule has 5 nitrogen and oxygen atoms in total. The van der Waals surface area contributed by atoms with Crippen molar-refractivity contribution in [1.29, 1.82) is 0 Å². The van der Waals surface area contributed by atoms with Crippen molar-refractivity contribution in [3.8, 4) is 0 Å². The first-order chi connectivity index (χ1) is 7.40. The van der Waals surface area contributed by atoms with Crippen LogP contribution >= 0.6 is 0 Å². The molecule has 0 aliphatic heterocycles. The van der Waals surface area contributed by atoms with Crippen LogP contribution in [0.2, 0.25) is 0 Å². The Morgan fingerprint density at radius 2 is 2.12 bits per heavy atom. The van der Waals surface area contributed by atoms with Gasteiger partial charge in [-0.25, -0.2) is 8.42 Å². The second-order valence-electron chi connectivity index (χ2n) is 3.40. The zero-order valence-electron chi connectivity index (χ0n) is 9.72. The van der Waals surface area contributed by atoms with Gasteiger partial charge in [0.15, 0.2) is 9.84 Å². The van der Waals surface area contributed by atoms with Gasteiger partial charge in [-0.15, -0.1) is 6.58 Å². The number of hydrogen-bond acceptors (Lipinski definition) is 4. The van der Waals surface area contributed by atoms with E-state index in [0.29, 0.717) is 6.54 Å². The molecular weight excluding hydrogens is 230 g/mol. The van der Waals surface area contributed by atoms with E-state index in [1.54, 1.807) is 6.92 Å². The molecule has 0 saturated heterocycles. The van der Waals surface area contributed by atoms with Gasteiger partial charge in [-0.05, 0) is 13.8 Å². The van der Waals surface area contributed by atoms with Crippen LogP contribution in [0, 0.1) is 0 Å². The molecule has 1 amide bonds. The van der Waals surface area contributed by atoms with E-state index in [4.69, 9.17) is 5.11 Å². The van der Waals surface area contributed by atoms with Crippen molar-refractivity contribution in [2.75, 3.05) is 25.4 Å². The smallest absolute Gasteiger partial charge is 0.240 e. The Hall–Kier alpha value is -0.880. The van der Waals surface area contributed by atoms with Crippen LogP contribution < -0.4 is 0 Å². The van der Waals surface area contributed by atoms with Gasteiger partial charge in [0, 0.05) is 13.1 Å². The largest absolute Gasteiger partial charge is 0.395 e. The summed E-state index contributed by atoms with van der Waals surface area (Å²) in [5, 5.41) is 7.66. The normalized spacial score (nSPS) is 13.2. The highest BCUT2D eigenvalue weighted by Gasteiger charge is 2.29. The maximum Gasteiger partial charge on any atom is 0.240 e. The first-order valence-corrected chi connectivity index (χ1v) is 6.84. The van der Waals surface area contributed by atoms with Crippen molar-refractivity contribution in [1.82, 2.24) is 4.90 Å². The lowest BCUT2D eigenvalue weighted by atomic mass is 10.3. The zero-order chi connectivity index (χ0) is 12.8. The van der Waals surface area contributed by atoms with Crippen molar-refractivity contribution < 1.29 is 18.3 Å². The minimum atomic E-state index is -3.47. The summed E-state index contributed by atoms with van der Waals surface area (Å²) >= 11 is 0. The summed E-state index contributed by atoms with van der Waals surface area (Å²) < 4.78 is 23.2. The van der Waals surface area contributed by atoms with Crippen molar-refractivity contribution >= 4 is 15.7 Å². The van der Waals surface area contributed by atoms with Gasteiger partial charge < -0.3 is 10.0 Å². The first kappa shape index (κ1) is 15.1. The van der Waals surface area contributed by atoms with Crippen molar-refractivity contribution in [2.45, 2.75) is 19.1 Å². The number of carbonyl (C=O) groups excluding carboxylic acids is 1. The van der Waals surface area contributed by atoms with Crippen LogP contribution in [-0.2, 0) is 14.6 Å². The average molecular weight is 249 g/mol. The quantitative estimate of drug-likeness (QED) is 0.635. The standard InChI is InChI=1S/C10H19NO4S/c1-4-8-16(14,15)9(3)10(13)11(5-2)6-7-12/h4,9,12H,1,5-8H2,2-3H3. The Kier molecular flexibility index (Phi) is 6.28. The van der Waals surface area contributed by atoms with Gasteiger partial charge in [-0.2, -0.15) is 0 Å². The molecular formula is C10H19NO4S. The van der Waals surface area contributed by atoms with E-state index >= 15 is 0 Å². The molecule has 0 aliphatic carbocycles. The van der Waals surface area contributed by atoms with E-state index in [-0.39, 0.29) is 18.9 Å². The van der Waals surface area contributed by atoms with E-state index in [0.717, 1.165) is 0 Å². The van der Waals surface area contributed by atoms with Crippen LogP contribution in [0.3, 0.4) is 0 Å². The molecule has 0 aromatic heterocycles. The molecule has 0 fully saturated rings. The summed E-state index contributed by atoms with van der Waals surface area (Å²) in [5.41, 5.74) is 0. The molecule has 1 unspecified atom stereocenters. The maximum atomic E-state index is 11.8. The monoisotopic (exact) mass is 249 g/mol. The number of likely N-dealkylation sites (N-methyl/N-ethyl adjacent to an activating group) is 1. The number of sulfone groups is 1. The second kappa shape index (κ2) is 6.65. The predicted molar refractivity (Wildman–Crippen MR) is 62.8 cm³/mol. The lowest BCUT2D eigenvalue weighted by Gasteiger charge is -2.23. The number of aliphatic hydroxyl groups is 1. The molecule has 6 heteroatoms. The highest BCUT2D eigenvalue weighted by Crippen LogP contribution is 2.07. The highest BCUT2D eigenvalue weighted by atomic mass is 32.2. The molecule has 0 heterocycles. The van der Waals surface area contributed by atoms with E-state index in [1.807, 2.05) is 0 Å². The van der Waals surface area contributed by atoms with Gasteiger partial charge in [-0.1, -0.05) is 6.08 Å². The van der Waals surface area contributed by atoms with Gasteiger partial charge in [0.25, 0.3) is 0 Å². The van der Waals surface area contributed by atoms with Crippen LogP contribution in [0.25, 0.3) is 0 Å². The first-order valence-electron chi connectivity index (χ1n) is 5.12. The number of amides is 1. The van der Waals surface area contributed by atoms with Crippen LogP contribution in [-0.4, -0.2) is 55.0 Å². The Bertz CT molecular complexity index is 337. The van der Waals surface area contributed by atoms with Gasteiger partial charge in [0.05, 0.1) is 12.4 Å². The fourth-order valence-corrected chi connectivity index (χ4v) is 2.34. The molecule has 0 aromatic rings. The topological polar surface area (TPSA) is 74.7 Å². The molecule has 16 heavy (non-hydrogen) atoms. The predicted octanol–water partition coefficient (Wildman–Crippen LogP) is -0.184. The summed E-state index contributed by atoms with van der Waals surface area (Å²) in [7, 11) is -3.47. The summed E-state index contributed by atoms with van der Waals surface area (Å²) in [6.45, 7) is 6.81. The summed E-state index contributed by atoms with van der Waals surface area (Å²) in [5.74, 6) is -0.685. The molecule has 1 N–H and O–H groups in total. The third-order valence-electron chi connectivity index (χ3n) is 2.30. The SMILES string of the molecule is C=CCS(=O)(=O)C(C)C(=O)N(CC)CCO. The maximum absolute atomic E-state index is 11.8. The molecule has 1 atom stereocenters. The number of rotatable bonds is 7. The van der Waals surface area contributed by atoms with E-state index in [9.17, 15) is 13.2 Å². The lowest BCUT2D eigenvalue weighted by Crippen LogP contribution is -2.43. The van der Waals surface area contributed by atoms with Crippen LogP contribution in [0.5, 0.6) is 0 Å². The minimum Gasteiger partial charge on any atom is -0.395 e. The van der Waals surface area contributed by atoms with Crippen molar-refractivity contribution in [3.63, 3.8) is 0 Å². The molecule has 0 bridgehead atoms. The van der Waals surface area contributed by atoms with Gasteiger partial charge in [0.1, 0.15) is 5.25 Å². The van der Waals surface area contributed by atoms with Crippen LogP contribution in [0.15, 0.2) is 12.7 Å². The van der Waals surface area contributed by atoms with E-state index in [2.05, 4.69) is 6.58 Å². The summed E-state index contributed by atoms with van der Waals surface area (Å²) in [6.07, 6.45) is 1.27. The van der Waals surface area contributed by atoms with Crippen LogP contribution in [0.1, 0.15) is 13.8 Å². The molecule has 0 rings (SSSR count). The third-order valence-corrected chi connectivity index (χ3v) is 4.28. The minimum absolute atomic E-state index is 0.156. The Morgan fingerprint density at radius 3 is 2.50 bits per heavy atom. The molecule has 94 valence electrons. The second-order valence-corrected chi connectivity index (χ2v) is 5.77.